The van der Waals surface area contributed by atoms with Crippen molar-refractivity contribution in [3.05, 3.63) is 71.4 Å². The Labute approximate surface area is 168 Å². The van der Waals surface area contributed by atoms with Crippen molar-refractivity contribution in [3.8, 4) is 17.2 Å². The molecule has 0 spiro atoms. The van der Waals surface area contributed by atoms with E-state index in [0.29, 0.717) is 22.8 Å². The molecule has 6 heteroatoms. The first-order valence-corrected chi connectivity index (χ1v) is 8.94. The van der Waals surface area contributed by atoms with E-state index in [1.54, 1.807) is 18.2 Å². The van der Waals surface area contributed by atoms with Crippen LogP contribution in [0.5, 0.6) is 17.2 Å². The van der Waals surface area contributed by atoms with Crippen molar-refractivity contribution in [1.82, 2.24) is 0 Å². The van der Waals surface area contributed by atoms with Gasteiger partial charge in [-0.05, 0) is 46.7 Å². The van der Waals surface area contributed by atoms with Gasteiger partial charge in [0.1, 0.15) is 0 Å². The molecule has 0 aliphatic carbocycles. The largest absolute Gasteiger partial charge is 0.493 e. The minimum Gasteiger partial charge on any atom is -0.493 e. The van der Waals surface area contributed by atoms with E-state index in [0.717, 1.165) is 16.3 Å². The summed E-state index contributed by atoms with van der Waals surface area (Å²) in [7, 11) is 4.61. The van der Waals surface area contributed by atoms with Crippen molar-refractivity contribution >= 4 is 28.7 Å². The maximum Gasteiger partial charge on any atom is 0.363 e. The highest BCUT2D eigenvalue weighted by Gasteiger charge is 2.25. The number of ether oxygens (including phenoxy) is 4. The minimum absolute atomic E-state index is 0.197. The van der Waals surface area contributed by atoms with Crippen molar-refractivity contribution in [2.75, 3.05) is 21.3 Å². The summed E-state index contributed by atoms with van der Waals surface area (Å²) in [5.74, 6) is 1.22. The molecule has 146 valence electrons. The number of hydrogen-bond donors (Lipinski definition) is 0. The van der Waals surface area contributed by atoms with Crippen LogP contribution in [0.4, 0.5) is 0 Å². The van der Waals surface area contributed by atoms with Crippen molar-refractivity contribution < 1.29 is 23.7 Å². The summed E-state index contributed by atoms with van der Waals surface area (Å²) in [5, 5.41) is 2.15. The van der Waals surface area contributed by atoms with Crippen LogP contribution in [-0.4, -0.2) is 33.2 Å². The molecule has 6 nitrogen and oxygen atoms in total. The van der Waals surface area contributed by atoms with E-state index in [4.69, 9.17) is 18.9 Å². The molecule has 0 saturated heterocycles. The minimum atomic E-state index is -0.512. The Kier molecular flexibility index (Phi) is 4.91. The second-order valence-corrected chi connectivity index (χ2v) is 6.36. The van der Waals surface area contributed by atoms with Crippen LogP contribution >= 0.6 is 0 Å². The lowest BCUT2D eigenvalue weighted by Crippen LogP contribution is -2.05. The summed E-state index contributed by atoms with van der Waals surface area (Å²) in [6, 6.07) is 17.3. The summed E-state index contributed by atoms with van der Waals surface area (Å²) < 4.78 is 21.4. The Hall–Kier alpha value is -3.80. The van der Waals surface area contributed by atoms with E-state index in [-0.39, 0.29) is 11.6 Å². The first kappa shape index (κ1) is 18.6. The molecule has 0 N–H and O–H groups in total. The third-order valence-electron chi connectivity index (χ3n) is 4.61. The number of rotatable bonds is 5. The first-order valence-electron chi connectivity index (χ1n) is 8.94. The number of aliphatic imine (C=N–C) groups is 1. The van der Waals surface area contributed by atoms with Gasteiger partial charge in [-0.15, -0.1) is 0 Å². The third kappa shape index (κ3) is 3.52. The standard InChI is InChI=1S/C23H19NO5/c1-26-19-11-14(12-20(27-2)21(19)28-3)10-18-23(25)29-22(24-18)17-9-8-15-6-4-5-7-16(15)13-17/h4-13H,1-3H3/b18-10-. The molecule has 0 fully saturated rings. The lowest BCUT2D eigenvalue weighted by molar-refractivity contribution is -0.129. The quantitative estimate of drug-likeness (QED) is 0.483. The summed E-state index contributed by atoms with van der Waals surface area (Å²) >= 11 is 0. The normalized spacial score (nSPS) is 14.7. The molecule has 0 saturated carbocycles. The highest BCUT2D eigenvalue weighted by atomic mass is 16.6. The van der Waals surface area contributed by atoms with E-state index < -0.39 is 5.97 Å². The van der Waals surface area contributed by atoms with Crippen molar-refractivity contribution in [2.24, 2.45) is 4.99 Å². The molecule has 1 aliphatic rings. The number of benzene rings is 3. The fourth-order valence-corrected chi connectivity index (χ4v) is 3.20. The van der Waals surface area contributed by atoms with Crippen LogP contribution in [0.15, 0.2) is 65.3 Å². The number of carbonyl (C=O) groups is 1. The average molecular weight is 389 g/mol. The van der Waals surface area contributed by atoms with Gasteiger partial charge in [-0.2, -0.15) is 0 Å². The lowest BCUT2D eigenvalue weighted by atomic mass is 10.1. The predicted molar refractivity (Wildman–Crippen MR) is 111 cm³/mol. The molecular weight excluding hydrogens is 370 g/mol. The average Bonchev–Trinajstić information content (AvgIpc) is 3.12. The van der Waals surface area contributed by atoms with Gasteiger partial charge in [0.15, 0.2) is 17.2 Å². The van der Waals surface area contributed by atoms with E-state index in [9.17, 15) is 4.79 Å². The van der Waals surface area contributed by atoms with E-state index >= 15 is 0 Å². The zero-order chi connectivity index (χ0) is 20.4. The Morgan fingerprint density at radius 2 is 1.55 bits per heavy atom. The summed E-state index contributed by atoms with van der Waals surface area (Å²) in [6.07, 6.45) is 1.63. The highest BCUT2D eigenvalue weighted by molar-refractivity contribution is 6.13. The van der Waals surface area contributed by atoms with Gasteiger partial charge in [0.25, 0.3) is 0 Å². The van der Waals surface area contributed by atoms with Crippen LogP contribution < -0.4 is 14.2 Å². The SMILES string of the molecule is COc1cc(/C=C2\N=C(c3ccc4ccccc4c3)OC2=O)cc(OC)c1OC. The molecule has 0 bridgehead atoms. The number of methoxy groups -OCH3 is 3. The molecule has 0 aromatic heterocycles. The topological polar surface area (TPSA) is 66.4 Å². The van der Waals surface area contributed by atoms with Crippen molar-refractivity contribution in [3.63, 3.8) is 0 Å². The molecule has 1 aliphatic heterocycles. The van der Waals surface area contributed by atoms with Crippen LogP contribution in [0.2, 0.25) is 0 Å². The van der Waals surface area contributed by atoms with Gasteiger partial charge < -0.3 is 18.9 Å². The molecule has 0 atom stereocenters. The second-order valence-electron chi connectivity index (χ2n) is 6.36. The fraction of sp³-hybridized carbons (Fsp3) is 0.130. The fourth-order valence-electron chi connectivity index (χ4n) is 3.20. The first-order chi connectivity index (χ1) is 14.1. The zero-order valence-corrected chi connectivity index (χ0v) is 16.3. The van der Waals surface area contributed by atoms with E-state index in [1.165, 1.54) is 21.3 Å². The van der Waals surface area contributed by atoms with Crippen molar-refractivity contribution in [1.29, 1.82) is 0 Å². The number of esters is 1. The Balaban J connectivity index is 1.72. The number of carbonyl (C=O) groups excluding carboxylic acids is 1. The zero-order valence-electron chi connectivity index (χ0n) is 16.3. The molecule has 0 radical (unpaired) electrons. The summed E-state index contributed by atoms with van der Waals surface area (Å²) in [6.45, 7) is 0. The van der Waals surface area contributed by atoms with E-state index in [2.05, 4.69) is 4.99 Å². The number of fused-ring (bicyclic) bond motifs is 1. The van der Waals surface area contributed by atoms with Crippen LogP contribution in [0.1, 0.15) is 11.1 Å². The molecule has 0 unspecified atom stereocenters. The molecule has 3 aromatic rings. The Bertz CT molecular complexity index is 1140. The summed E-state index contributed by atoms with van der Waals surface area (Å²) in [5.41, 5.74) is 1.61. The van der Waals surface area contributed by atoms with Gasteiger partial charge in [0, 0.05) is 5.56 Å². The van der Waals surface area contributed by atoms with Crippen LogP contribution in [0.25, 0.3) is 16.8 Å². The van der Waals surface area contributed by atoms with Gasteiger partial charge in [-0.3, -0.25) is 0 Å². The molecule has 3 aromatic carbocycles. The molecule has 0 amide bonds. The smallest absolute Gasteiger partial charge is 0.363 e. The predicted octanol–water partition coefficient (Wildman–Crippen LogP) is 4.21. The number of hydrogen-bond acceptors (Lipinski definition) is 6. The maximum atomic E-state index is 12.4. The van der Waals surface area contributed by atoms with E-state index in [1.807, 2.05) is 42.5 Å². The van der Waals surface area contributed by atoms with Crippen LogP contribution in [0.3, 0.4) is 0 Å². The second kappa shape index (κ2) is 7.67. The van der Waals surface area contributed by atoms with Gasteiger partial charge in [-0.25, -0.2) is 9.79 Å². The van der Waals surface area contributed by atoms with Gasteiger partial charge in [0.2, 0.25) is 11.6 Å². The lowest BCUT2D eigenvalue weighted by Gasteiger charge is -2.12. The summed E-state index contributed by atoms with van der Waals surface area (Å²) in [4.78, 5) is 16.8. The number of nitrogens with zero attached hydrogens (tertiary/aromatic N) is 1. The molecule has 1 heterocycles. The number of cyclic esters (lactones) is 1. The monoisotopic (exact) mass is 389 g/mol. The van der Waals surface area contributed by atoms with Crippen molar-refractivity contribution in [2.45, 2.75) is 0 Å². The highest BCUT2D eigenvalue weighted by Crippen LogP contribution is 2.39. The molecule has 4 rings (SSSR count). The maximum absolute atomic E-state index is 12.4. The van der Waals surface area contributed by atoms with Gasteiger partial charge >= 0.3 is 5.97 Å². The third-order valence-corrected chi connectivity index (χ3v) is 4.61. The van der Waals surface area contributed by atoms with Gasteiger partial charge in [0.05, 0.1) is 21.3 Å². The van der Waals surface area contributed by atoms with Gasteiger partial charge in [-0.1, -0.05) is 30.3 Å². The Morgan fingerprint density at radius 3 is 2.21 bits per heavy atom. The molecule has 29 heavy (non-hydrogen) atoms. The van der Waals surface area contributed by atoms with Crippen LogP contribution in [0, 0.1) is 0 Å². The molecular formula is C23H19NO5. The van der Waals surface area contributed by atoms with Crippen LogP contribution in [-0.2, 0) is 9.53 Å². The Morgan fingerprint density at radius 1 is 0.862 bits per heavy atom.